The second-order valence-electron chi connectivity index (χ2n) is 6.26. The molecule has 1 fully saturated rings. The van der Waals surface area contributed by atoms with Gasteiger partial charge in [0.1, 0.15) is 11.8 Å². The number of likely N-dealkylation sites (tertiary alicyclic amines) is 1. The highest BCUT2D eigenvalue weighted by Crippen LogP contribution is 2.30. The smallest absolute Gasteiger partial charge is 0.257 e. The first-order valence-corrected chi connectivity index (χ1v) is 7.00. The Balaban J connectivity index is 0.00000161. The van der Waals surface area contributed by atoms with E-state index in [2.05, 4.69) is 13.8 Å². The molecule has 1 unspecified atom stereocenters. The lowest BCUT2D eigenvalue weighted by Gasteiger charge is -2.42. The number of hydrogen-bond donors (Lipinski definition) is 1. The molecule has 0 aliphatic carbocycles. The molecule has 0 radical (unpaired) electrons. The molecular weight excluding hydrogens is 288 g/mol. The lowest BCUT2D eigenvalue weighted by atomic mass is 9.79. The zero-order valence-electron chi connectivity index (χ0n) is 12.3. The third kappa shape index (κ3) is 2.78. The molecule has 1 aromatic carbocycles. The molecule has 1 aromatic heterocycles. The van der Waals surface area contributed by atoms with Gasteiger partial charge in [0.2, 0.25) is 0 Å². The van der Waals surface area contributed by atoms with E-state index in [-0.39, 0.29) is 29.8 Å². The molecule has 2 heterocycles. The number of rotatable bonds is 1. The van der Waals surface area contributed by atoms with Crippen molar-refractivity contribution < 1.29 is 9.21 Å². The fourth-order valence-corrected chi connectivity index (χ4v) is 2.86. The van der Waals surface area contributed by atoms with E-state index in [1.165, 1.54) is 0 Å². The summed E-state index contributed by atoms with van der Waals surface area (Å²) in [6.07, 6.45) is 2.41. The van der Waals surface area contributed by atoms with E-state index in [9.17, 15) is 4.79 Å². The topological polar surface area (TPSA) is 59.5 Å². The number of nitrogens with two attached hydrogens (primary N) is 1. The van der Waals surface area contributed by atoms with Gasteiger partial charge in [0.15, 0.2) is 0 Å². The molecule has 1 aliphatic rings. The Hall–Kier alpha value is -1.52. The molecular formula is C16H21ClN2O2. The van der Waals surface area contributed by atoms with Crippen LogP contribution in [0.15, 0.2) is 34.9 Å². The molecule has 1 amide bonds. The average Bonchev–Trinajstić information content (AvgIpc) is 2.85. The maximum atomic E-state index is 12.7. The Kier molecular flexibility index (Phi) is 4.30. The lowest BCUT2D eigenvalue weighted by molar-refractivity contribution is 0.0534. The molecule has 1 saturated heterocycles. The summed E-state index contributed by atoms with van der Waals surface area (Å²) in [5.41, 5.74) is 7.48. The quantitative estimate of drug-likeness (QED) is 0.881. The molecule has 2 N–H and O–H groups in total. The number of para-hydroxylation sites is 1. The molecule has 1 atom stereocenters. The largest absolute Gasteiger partial charge is 0.463 e. The highest BCUT2D eigenvalue weighted by Gasteiger charge is 2.36. The van der Waals surface area contributed by atoms with Gasteiger partial charge in [-0.05, 0) is 17.9 Å². The Morgan fingerprint density at radius 2 is 2.10 bits per heavy atom. The van der Waals surface area contributed by atoms with Crippen LogP contribution in [0.5, 0.6) is 0 Å². The molecule has 0 bridgehead atoms. The first-order valence-electron chi connectivity index (χ1n) is 7.00. The standard InChI is InChI=1S/C16H20N2O2.ClH/c1-16(2)10-18(8-7-14(16)17)15(19)12-9-20-13-6-4-3-5-11(12)13;/h3-6,9,14H,7-8,10,17H2,1-2H3;1H. The molecule has 1 aliphatic heterocycles. The number of hydrogen-bond acceptors (Lipinski definition) is 3. The average molecular weight is 309 g/mol. The monoisotopic (exact) mass is 308 g/mol. The van der Waals surface area contributed by atoms with Crippen molar-refractivity contribution in [2.75, 3.05) is 13.1 Å². The Labute approximate surface area is 130 Å². The van der Waals surface area contributed by atoms with Crippen LogP contribution in [-0.2, 0) is 0 Å². The number of fused-ring (bicyclic) bond motifs is 1. The van der Waals surface area contributed by atoms with Gasteiger partial charge in [-0.15, -0.1) is 12.4 Å². The van der Waals surface area contributed by atoms with E-state index in [0.717, 1.165) is 17.4 Å². The molecule has 0 spiro atoms. The summed E-state index contributed by atoms with van der Waals surface area (Å²) in [6.45, 7) is 5.63. The number of amides is 1. The number of nitrogens with zero attached hydrogens (tertiary/aromatic N) is 1. The van der Waals surface area contributed by atoms with Crippen molar-refractivity contribution in [2.24, 2.45) is 11.1 Å². The van der Waals surface area contributed by atoms with Crippen LogP contribution in [0.4, 0.5) is 0 Å². The molecule has 2 aromatic rings. The zero-order valence-corrected chi connectivity index (χ0v) is 13.2. The van der Waals surface area contributed by atoms with E-state index in [1.807, 2.05) is 29.2 Å². The van der Waals surface area contributed by atoms with Crippen molar-refractivity contribution in [1.29, 1.82) is 0 Å². The van der Waals surface area contributed by atoms with Crippen LogP contribution in [0.2, 0.25) is 0 Å². The minimum Gasteiger partial charge on any atom is -0.463 e. The van der Waals surface area contributed by atoms with Crippen LogP contribution >= 0.6 is 12.4 Å². The summed E-state index contributed by atoms with van der Waals surface area (Å²) in [7, 11) is 0. The zero-order chi connectivity index (χ0) is 14.3. The normalized spacial score (nSPS) is 21.1. The fourth-order valence-electron chi connectivity index (χ4n) is 2.86. The van der Waals surface area contributed by atoms with E-state index < -0.39 is 0 Å². The lowest BCUT2D eigenvalue weighted by Crippen LogP contribution is -2.53. The Morgan fingerprint density at radius 3 is 2.81 bits per heavy atom. The second-order valence-corrected chi connectivity index (χ2v) is 6.26. The number of furan rings is 1. The number of piperidine rings is 1. The fraction of sp³-hybridized carbons (Fsp3) is 0.438. The van der Waals surface area contributed by atoms with E-state index in [1.54, 1.807) is 6.26 Å². The van der Waals surface area contributed by atoms with Crippen LogP contribution in [0.1, 0.15) is 30.6 Å². The SMILES string of the molecule is CC1(C)CN(C(=O)c2coc3ccccc23)CCC1N.Cl. The van der Waals surface area contributed by atoms with Crippen molar-refractivity contribution in [2.45, 2.75) is 26.3 Å². The molecule has 4 nitrogen and oxygen atoms in total. The van der Waals surface area contributed by atoms with Gasteiger partial charge >= 0.3 is 0 Å². The highest BCUT2D eigenvalue weighted by atomic mass is 35.5. The molecule has 3 rings (SSSR count). The summed E-state index contributed by atoms with van der Waals surface area (Å²) >= 11 is 0. The van der Waals surface area contributed by atoms with E-state index in [0.29, 0.717) is 18.7 Å². The van der Waals surface area contributed by atoms with Crippen LogP contribution in [0, 0.1) is 5.41 Å². The first kappa shape index (κ1) is 15.9. The number of carbonyl (C=O) groups is 1. The van der Waals surface area contributed by atoms with Crippen molar-refractivity contribution in [3.8, 4) is 0 Å². The van der Waals surface area contributed by atoms with Gasteiger partial charge in [0.25, 0.3) is 5.91 Å². The van der Waals surface area contributed by atoms with Gasteiger partial charge in [-0.25, -0.2) is 0 Å². The van der Waals surface area contributed by atoms with Crippen molar-refractivity contribution in [3.05, 3.63) is 36.1 Å². The summed E-state index contributed by atoms with van der Waals surface area (Å²) in [4.78, 5) is 14.6. The Morgan fingerprint density at radius 1 is 1.38 bits per heavy atom. The number of benzene rings is 1. The van der Waals surface area contributed by atoms with Crippen LogP contribution in [0.3, 0.4) is 0 Å². The van der Waals surface area contributed by atoms with Gasteiger partial charge in [0.05, 0.1) is 5.56 Å². The number of halogens is 1. The second kappa shape index (κ2) is 5.70. The van der Waals surface area contributed by atoms with Crippen LogP contribution in [0.25, 0.3) is 11.0 Å². The summed E-state index contributed by atoms with van der Waals surface area (Å²) in [6, 6.07) is 7.77. The summed E-state index contributed by atoms with van der Waals surface area (Å²) < 4.78 is 5.46. The van der Waals surface area contributed by atoms with Crippen molar-refractivity contribution in [1.82, 2.24) is 4.90 Å². The Bertz CT molecular complexity index is 651. The summed E-state index contributed by atoms with van der Waals surface area (Å²) in [5.74, 6) is 0.0370. The van der Waals surface area contributed by atoms with Crippen LogP contribution < -0.4 is 5.73 Å². The van der Waals surface area contributed by atoms with Gasteiger partial charge < -0.3 is 15.1 Å². The first-order chi connectivity index (χ1) is 9.49. The van der Waals surface area contributed by atoms with E-state index >= 15 is 0 Å². The van der Waals surface area contributed by atoms with Crippen LogP contribution in [-0.4, -0.2) is 29.9 Å². The van der Waals surface area contributed by atoms with Crippen molar-refractivity contribution >= 4 is 29.3 Å². The third-order valence-corrected chi connectivity index (χ3v) is 4.31. The third-order valence-electron chi connectivity index (χ3n) is 4.31. The van der Waals surface area contributed by atoms with Gasteiger partial charge in [-0.1, -0.05) is 32.0 Å². The van der Waals surface area contributed by atoms with Gasteiger partial charge in [0, 0.05) is 24.5 Å². The number of carbonyl (C=O) groups excluding carboxylic acids is 1. The minimum absolute atomic E-state index is 0. The van der Waals surface area contributed by atoms with Gasteiger partial charge in [-0.2, -0.15) is 0 Å². The summed E-state index contributed by atoms with van der Waals surface area (Å²) in [5, 5.41) is 0.880. The molecule has 21 heavy (non-hydrogen) atoms. The minimum atomic E-state index is -0.0482. The highest BCUT2D eigenvalue weighted by molar-refractivity contribution is 6.05. The van der Waals surface area contributed by atoms with Crippen molar-refractivity contribution in [3.63, 3.8) is 0 Å². The molecule has 0 saturated carbocycles. The molecule has 114 valence electrons. The predicted octanol–water partition coefficient (Wildman–Crippen LogP) is 3.05. The maximum Gasteiger partial charge on any atom is 0.257 e. The predicted molar refractivity (Wildman–Crippen MR) is 85.7 cm³/mol. The van der Waals surface area contributed by atoms with Gasteiger partial charge in [-0.3, -0.25) is 4.79 Å². The molecule has 5 heteroatoms. The van der Waals surface area contributed by atoms with E-state index in [4.69, 9.17) is 10.2 Å². The maximum absolute atomic E-state index is 12.7.